The molecule has 0 radical (unpaired) electrons. The smallest absolute Gasteiger partial charge is 0.241 e. The van der Waals surface area contributed by atoms with Gasteiger partial charge in [-0.25, -0.2) is 13.1 Å². The highest BCUT2D eigenvalue weighted by Crippen LogP contribution is 2.25. The zero-order valence-electron chi connectivity index (χ0n) is 16.6. The van der Waals surface area contributed by atoms with Crippen molar-refractivity contribution in [3.05, 3.63) is 96.1 Å². The molecule has 1 atom stereocenters. The second-order valence-electron chi connectivity index (χ2n) is 7.42. The SMILES string of the molecule is O=C1CCCN1c1ccc(S(=O)(=O)N[C@H](Cc2ccccc2)c2ccccc2)cc1. The molecule has 1 amide bonds. The maximum atomic E-state index is 13.1. The van der Waals surface area contributed by atoms with Crippen LogP contribution in [-0.4, -0.2) is 20.9 Å². The summed E-state index contributed by atoms with van der Waals surface area (Å²) >= 11 is 0. The number of carbonyl (C=O) groups excluding carboxylic acids is 1. The van der Waals surface area contributed by atoms with Gasteiger partial charge in [0.1, 0.15) is 0 Å². The van der Waals surface area contributed by atoms with Crippen LogP contribution in [0.5, 0.6) is 0 Å². The molecule has 0 aliphatic carbocycles. The molecule has 1 heterocycles. The van der Waals surface area contributed by atoms with Crippen molar-refractivity contribution >= 4 is 21.6 Å². The van der Waals surface area contributed by atoms with Crippen molar-refractivity contribution in [2.45, 2.75) is 30.2 Å². The number of hydrogen-bond acceptors (Lipinski definition) is 3. The minimum atomic E-state index is -3.73. The maximum absolute atomic E-state index is 13.1. The Hall–Kier alpha value is -2.96. The van der Waals surface area contributed by atoms with Crippen molar-refractivity contribution in [2.24, 2.45) is 0 Å². The van der Waals surface area contributed by atoms with Crippen LogP contribution in [0.1, 0.15) is 30.0 Å². The van der Waals surface area contributed by atoms with Crippen LogP contribution in [0.25, 0.3) is 0 Å². The lowest BCUT2D eigenvalue weighted by Crippen LogP contribution is -2.30. The standard InChI is InChI=1S/C24H24N2O3S/c27-24-12-7-17-26(24)21-13-15-22(16-14-21)30(28,29)25-23(20-10-5-2-6-11-20)18-19-8-3-1-4-9-19/h1-6,8-11,13-16,23,25H,7,12,17-18H2/t23-/m1/s1. The van der Waals surface area contributed by atoms with Gasteiger partial charge in [-0.3, -0.25) is 4.79 Å². The quantitative estimate of drug-likeness (QED) is 0.626. The predicted molar refractivity (Wildman–Crippen MR) is 118 cm³/mol. The Balaban J connectivity index is 1.57. The summed E-state index contributed by atoms with van der Waals surface area (Å²) in [6.45, 7) is 0.677. The summed E-state index contributed by atoms with van der Waals surface area (Å²) in [5, 5.41) is 0. The van der Waals surface area contributed by atoms with E-state index in [4.69, 9.17) is 0 Å². The van der Waals surface area contributed by atoms with E-state index in [-0.39, 0.29) is 10.8 Å². The molecule has 1 fully saturated rings. The van der Waals surface area contributed by atoms with Crippen molar-refractivity contribution in [1.29, 1.82) is 0 Å². The van der Waals surface area contributed by atoms with Gasteiger partial charge in [-0.15, -0.1) is 0 Å². The molecule has 30 heavy (non-hydrogen) atoms. The van der Waals surface area contributed by atoms with Gasteiger partial charge in [0.25, 0.3) is 0 Å². The number of nitrogens with one attached hydrogen (secondary N) is 1. The van der Waals surface area contributed by atoms with Gasteiger partial charge in [0.05, 0.1) is 10.9 Å². The number of hydrogen-bond donors (Lipinski definition) is 1. The van der Waals surface area contributed by atoms with Crippen LogP contribution in [0.4, 0.5) is 5.69 Å². The van der Waals surface area contributed by atoms with Crippen molar-refractivity contribution in [2.75, 3.05) is 11.4 Å². The number of sulfonamides is 1. The van der Waals surface area contributed by atoms with Crippen LogP contribution in [0.15, 0.2) is 89.8 Å². The van der Waals surface area contributed by atoms with E-state index in [2.05, 4.69) is 4.72 Å². The molecule has 0 aromatic heterocycles. The van der Waals surface area contributed by atoms with Gasteiger partial charge in [-0.2, -0.15) is 0 Å². The third-order valence-corrected chi connectivity index (χ3v) is 6.80. The number of benzene rings is 3. The van der Waals surface area contributed by atoms with Crippen molar-refractivity contribution in [3.63, 3.8) is 0 Å². The fourth-order valence-electron chi connectivity index (χ4n) is 3.74. The van der Waals surface area contributed by atoms with Crippen LogP contribution >= 0.6 is 0 Å². The van der Waals surface area contributed by atoms with E-state index in [1.807, 2.05) is 60.7 Å². The van der Waals surface area contributed by atoms with Gasteiger partial charge in [0.15, 0.2) is 0 Å². The lowest BCUT2D eigenvalue weighted by molar-refractivity contribution is -0.117. The summed E-state index contributed by atoms with van der Waals surface area (Å²) in [5.74, 6) is 0.0794. The summed E-state index contributed by atoms with van der Waals surface area (Å²) in [4.78, 5) is 13.8. The minimum Gasteiger partial charge on any atom is -0.312 e. The Bertz CT molecular complexity index is 1100. The summed E-state index contributed by atoms with van der Waals surface area (Å²) in [5.41, 5.74) is 2.70. The van der Waals surface area contributed by atoms with Crippen LogP contribution in [0.2, 0.25) is 0 Å². The van der Waals surface area contributed by atoms with E-state index in [0.29, 0.717) is 19.4 Å². The van der Waals surface area contributed by atoms with Crippen LogP contribution in [0.3, 0.4) is 0 Å². The molecule has 0 saturated carbocycles. The summed E-state index contributed by atoms with van der Waals surface area (Å²) in [6, 6.07) is 25.5. The van der Waals surface area contributed by atoms with Crippen LogP contribution in [-0.2, 0) is 21.2 Å². The highest BCUT2D eigenvalue weighted by atomic mass is 32.2. The van der Waals surface area contributed by atoms with Crippen molar-refractivity contribution in [3.8, 4) is 0 Å². The second-order valence-corrected chi connectivity index (χ2v) is 9.13. The Morgan fingerprint density at radius 3 is 2.10 bits per heavy atom. The van der Waals surface area contributed by atoms with Crippen molar-refractivity contribution < 1.29 is 13.2 Å². The van der Waals surface area contributed by atoms with E-state index >= 15 is 0 Å². The summed E-state index contributed by atoms with van der Waals surface area (Å²) < 4.78 is 29.1. The number of nitrogens with zero attached hydrogens (tertiary/aromatic N) is 1. The van der Waals surface area contributed by atoms with Gasteiger partial charge in [-0.1, -0.05) is 60.7 Å². The fraction of sp³-hybridized carbons (Fsp3) is 0.208. The normalized spacial score (nSPS) is 15.3. The first-order chi connectivity index (χ1) is 14.5. The monoisotopic (exact) mass is 420 g/mol. The topological polar surface area (TPSA) is 66.5 Å². The van der Waals surface area contributed by atoms with Crippen LogP contribution in [0, 0.1) is 0 Å². The molecular weight excluding hydrogens is 396 g/mol. The second kappa shape index (κ2) is 8.81. The molecule has 1 aliphatic heterocycles. The first-order valence-electron chi connectivity index (χ1n) is 10.0. The highest BCUT2D eigenvalue weighted by Gasteiger charge is 2.24. The largest absolute Gasteiger partial charge is 0.312 e. The molecule has 0 unspecified atom stereocenters. The molecule has 3 aromatic carbocycles. The van der Waals surface area contributed by atoms with Gasteiger partial charge in [0, 0.05) is 18.7 Å². The third-order valence-electron chi connectivity index (χ3n) is 5.31. The van der Waals surface area contributed by atoms with E-state index in [9.17, 15) is 13.2 Å². The Morgan fingerprint density at radius 1 is 0.867 bits per heavy atom. The van der Waals surface area contributed by atoms with E-state index in [0.717, 1.165) is 23.2 Å². The number of rotatable bonds is 7. The fourth-order valence-corrected chi connectivity index (χ4v) is 4.97. The van der Waals surface area contributed by atoms with Gasteiger partial charge in [0.2, 0.25) is 15.9 Å². The van der Waals surface area contributed by atoms with E-state index < -0.39 is 16.1 Å². The first kappa shape index (κ1) is 20.3. The molecule has 0 bridgehead atoms. The molecule has 0 spiro atoms. The van der Waals surface area contributed by atoms with Gasteiger partial charge < -0.3 is 4.90 Å². The summed E-state index contributed by atoms with van der Waals surface area (Å²) in [6.07, 6.45) is 1.92. The number of amides is 1. The summed E-state index contributed by atoms with van der Waals surface area (Å²) in [7, 11) is -3.73. The lowest BCUT2D eigenvalue weighted by Gasteiger charge is -2.20. The Labute approximate surface area is 177 Å². The highest BCUT2D eigenvalue weighted by molar-refractivity contribution is 7.89. The van der Waals surface area contributed by atoms with Gasteiger partial charge >= 0.3 is 0 Å². The van der Waals surface area contributed by atoms with Gasteiger partial charge in [-0.05, 0) is 48.2 Å². The van der Waals surface area contributed by atoms with E-state index in [1.54, 1.807) is 29.2 Å². The average molecular weight is 421 g/mol. The Morgan fingerprint density at radius 2 is 1.50 bits per heavy atom. The van der Waals surface area contributed by atoms with E-state index in [1.165, 1.54) is 0 Å². The molecule has 1 saturated heterocycles. The first-order valence-corrected chi connectivity index (χ1v) is 11.5. The molecule has 1 aliphatic rings. The molecule has 5 nitrogen and oxygen atoms in total. The third kappa shape index (κ3) is 4.61. The number of carbonyl (C=O) groups is 1. The molecule has 154 valence electrons. The lowest BCUT2D eigenvalue weighted by atomic mass is 10.00. The number of anilines is 1. The molecule has 3 aromatic rings. The zero-order valence-corrected chi connectivity index (χ0v) is 17.4. The minimum absolute atomic E-state index is 0.0794. The van der Waals surface area contributed by atoms with Crippen molar-refractivity contribution in [1.82, 2.24) is 4.72 Å². The predicted octanol–water partition coefficient (Wildman–Crippen LogP) is 4.08. The molecule has 1 N–H and O–H groups in total. The van der Waals surface area contributed by atoms with Crippen LogP contribution < -0.4 is 9.62 Å². The Kier molecular flexibility index (Phi) is 5.97. The average Bonchev–Trinajstić information content (AvgIpc) is 3.20. The zero-order chi connectivity index (χ0) is 21.0. The maximum Gasteiger partial charge on any atom is 0.241 e. The molecule has 6 heteroatoms. The molecular formula is C24H24N2O3S. The molecule has 4 rings (SSSR count).